The number of rotatable bonds is 8. The lowest BCUT2D eigenvalue weighted by Crippen LogP contribution is -2.27. The van der Waals surface area contributed by atoms with Crippen molar-refractivity contribution in [1.82, 2.24) is 9.78 Å². The van der Waals surface area contributed by atoms with Crippen LogP contribution in [0.15, 0.2) is 59.4 Å². The van der Waals surface area contributed by atoms with Crippen molar-refractivity contribution in [2.45, 2.75) is 13.8 Å². The van der Waals surface area contributed by atoms with E-state index in [1.807, 2.05) is 0 Å². The van der Waals surface area contributed by atoms with Crippen LogP contribution < -0.4 is 20.9 Å². The molecule has 0 saturated heterocycles. The lowest BCUT2D eigenvalue weighted by atomic mass is 10.2. The van der Waals surface area contributed by atoms with Crippen LogP contribution in [0.5, 0.6) is 5.75 Å². The molecule has 0 aliphatic heterocycles. The Hall–Kier alpha value is -4.18. The number of halogens is 1. The van der Waals surface area contributed by atoms with Crippen molar-refractivity contribution in [3.8, 4) is 11.4 Å². The third-order valence-electron chi connectivity index (χ3n) is 4.29. The molecule has 0 fully saturated rings. The molecular weight excluding hydrogens is 464 g/mol. The molecule has 3 aromatic rings. The fourth-order valence-corrected chi connectivity index (χ4v) is 3.08. The van der Waals surface area contributed by atoms with Crippen LogP contribution in [0.1, 0.15) is 24.3 Å². The average molecular weight is 485 g/mol. The number of hydrogen-bond acceptors (Lipinski definition) is 7. The van der Waals surface area contributed by atoms with Gasteiger partial charge < -0.3 is 20.1 Å². The summed E-state index contributed by atoms with van der Waals surface area (Å²) in [6.07, 6.45) is 0. The Morgan fingerprint density at radius 2 is 1.68 bits per heavy atom. The number of esters is 1. The summed E-state index contributed by atoms with van der Waals surface area (Å²) in [5, 5.41) is 9.55. The average Bonchev–Trinajstić information content (AvgIpc) is 2.79. The van der Waals surface area contributed by atoms with Crippen LogP contribution in [-0.4, -0.2) is 40.8 Å². The van der Waals surface area contributed by atoms with E-state index in [2.05, 4.69) is 15.7 Å². The molecular formula is C23H21ClN4O6. The molecule has 0 spiro atoms. The Morgan fingerprint density at radius 1 is 1.03 bits per heavy atom. The minimum atomic E-state index is -0.827. The van der Waals surface area contributed by atoms with Crippen molar-refractivity contribution >= 4 is 40.8 Å². The monoisotopic (exact) mass is 484 g/mol. The van der Waals surface area contributed by atoms with E-state index in [9.17, 15) is 19.2 Å². The first-order chi connectivity index (χ1) is 16.3. The normalized spacial score (nSPS) is 10.3. The van der Waals surface area contributed by atoms with Gasteiger partial charge in [-0.1, -0.05) is 23.7 Å². The molecule has 1 heterocycles. The van der Waals surface area contributed by atoms with E-state index in [1.54, 1.807) is 55.5 Å². The van der Waals surface area contributed by atoms with E-state index in [-0.39, 0.29) is 34.7 Å². The molecule has 0 bridgehead atoms. The predicted octanol–water partition coefficient (Wildman–Crippen LogP) is 3.04. The van der Waals surface area contributed by atoms with Crippen LogP contribution in [0.25, 0.3) is 5.69 Å². The highest BCUT2D eigenvalue weighted by Gasteiger charge is 2.21. The SMILES string of the molecule is CCOC(=O)c1nn(-c2ccccc2Cl)c(=O)cc1OCC(=O)Nc1ccc(NC(C)=O)cc1. The summed E-state index contributed by atoms with van der Waals surface area (Å²) >= 11 is 6.16. The maximum atomic E-state index is 12.6. The number of carbonyl (C=O) groups excluding carboxylic acids is 3. The van der Waals surface area contributed by atoms with E-state index in [0.717, 1.165) is 10.7 Å². The highest BCUT2D eigenvalue weighted by molar-refractivity contribution is 6.32. The summed E-state index contributed by atoms with van der Waals surface area (Å²) in [6, 6.07) is 14.0. The molecule has 1 aromatic heterocycles. The Labute approximate surface area is 199 Å². The third kappa shape index (κ3) is 6.20. The van der Waals surface area contributed by atoms with Gasteiger partial charge in [0.15, 0.2) is 12.4 Å². The fraction of sp³-hybridized carbons (Fsp3) is 0.174. The Bertz CT molecular complexity index is 1270. The zero-order valence-electron chi connectivity index (χ0n) is 18.3. The number of nitrogens with one attached hydrogen (secondary N) is 2. The van der Waals surface area contributed by atoms with Gasteiger partial charge in [0.05, 0.1) is 23.4 Å². The van der Waals surface area contributed by atoms with E-state index >= 15 is 0 Å². The Balaban J connectivity index is 1.79. The van der Waals surface area contributed by atoms with E-state index < -0.39 is 24.0 Å². The van der Waals surface area contributed by atoms with E-state index in [1.165, 1.54) is 6.92 Å². The maximum Gasteiger partial charge on any atom is 0.362 e. The van der Waals surface area contributed by atoms with Crippen molar-refractivity contribution in [3.05, 3.63) is 75.7 Å². The second kappa shape index (κ2) is 11.1. The Kier molecular flexibility index (Phi) is 7.99. The summed E-state index contributed by atoms with van der Waals surface area (Å²) in [5.74, 6) is -1.79. The zero-order chi connectivity index (χ0) is 24.7. The predicted molar refractivity (Wildman–Crippen MR) is 126 cm³/mol. The maximum absolute atomic E-state index is 12.6. The van der Waals surface area contributed by atoms with Crippen LogP contribution in [0.3, 0.4) is 0 Å². The molecule has 176 valence electrons. The van der Waals surface area contributed by atoms with Gasteiger partial charge in [-0.2, -0.15) is 9.78 Å². The van der Waals surface area contributed by atoms with Crippen LogP contribution in [0.4, 0.5) is 11.4 Å². The first kappa shape index (κ1) is 24.5. The Morgan fingerprint density at radius 3 is 2.29 bits per heavy atom. The molecule has 0 saturated carbocycles. The molecule has 0 atom stereocenters. The van der Waals surface area contributed by atoms with Gasteiger partial charge in [-0.25, -0.2) is 4.79 Å². The third-order valence-corrected chi connectivity index (χ3v) is 4.61. The van der Waals surface area contributed by atoms with Crippen molar-refractivity contribution in [2.24, 2.45) is 0 Å². The van der Waals surface area contributed by atoms with Crippen LogP contribution >= 0.6 is 11.6 Å². The number of benzene rings is 2. The minimum absolute atomic E-state index is 0.0696. The number of nitrogens with zero attached hydrogens (tertiary/aromatic N) is 2. The molecule has 10 nitrogen and oxygen atoms in total. The first-order valence-electron chi connectivity index (χ1n) is 10.1. The molecule has 3 rings (SSSR count). The number of para-hydroxylation sites is 1. The molecule has 2 amide bonds. The van der Waals surface area contributed by atoms with Gasteiger partial charge in [0.2, 0.25) is 11.6 Å². The summed E-state index contributed by atoms with van der Waals surface area (Å²) in [7, 11) is 0. The fourth-order valence-electron chi connectivity index (χ4n) is 2.87. The number of amides is 2. The number of hydrogen-bond donors (Lipinski definition) is 2. The summed E-state index contributed by atoms with van der Waals surface area (Å²) in [6.45, 7) is 2.57. The summed E-state index contributed by atoms with van der Waals surface area (Å²) < 4.78 is 11.4. The molecule has 11 heteroatoms. The highest BCUT2D eigenvalue weighted by Crippen LogP contribution is 2.21. The van der Waals surface area contributed by atoms with Gasteiger partial charge in [0, 0.05) is 18.3 Å². The van der Waals surface area contributed by atoms with Gasteiger partial charge >= 0.3 is 5.97 Å². The van der Waals surface area contributed by atoms with Gasteiger partial charge in [0.25, 0.3) is 11.5 Å². The largest absolute Gasteiger partial charge is 0.481 e. The number of ether oxygens (including phenoxy) is 2. The van der Waals surface area contributed by atoms with Gasteiger partial charge in [-0.3, -0.25) is 14.4 Å². The lowest BCUT2D eigenvalue weighted by Gasteiger charge is -2.13. The summed E-state index contributed by atoms with van der Waals surface area (Å²) in [4.78, 5) is 48.5. The van der Waals surface area contributed by atoms with E-state index in [4.69, 9.17) is 21.1 Å². The smallest absolute Gasteiger partial charge is 0.362 e. The minimum Gasteiger partial charge on any atom is -0.481 e. The number of aromatic nitrogens is 2. The van der Waals surface area contributed by atoms with Crippen LogP contribution in [0.2, 0.25) is 5.02 Å². The summed E-state index contributed by atoms with van der Waals surface area (Å²) in [5.41, 5.74) is 0.400. The molecule has 2 aromatic carbocycles. The van der Waals surface area contributed by atoms with Gasteiger partial charge in [-0.15, -0.1) is 0 Å². The standard InChI is InChI=1S/C23H21ClN4O6/c1-3-33-23(32)22-19(12-21(31)28(27-22)18-7-5-4-6-17(18)24)34-13-20(30)26-16-10-8-15(9-11-16)25-14(2)29/h4-12H,3,13H2,1-2H3,(H,25,29)(H,26,30). The lowest BCUT2D eigenvalue weighted by molar-refractivity contribution is -0.118. The van der Waals surface area contributed by atoms with Crippen molar-refractivity contribution in [1.29, 1.82) is 0 Å². The van der Waals surface area contributed by atoms with Crippen molar-refractivity contribution in [3.63, 3.8) is 0 Å². The van der Waals surface area contributed by atoms with Crippen molar-refractivity contribution < 1.29 is 23.9 Å². The number of anilines is 2. The molecule has 34 heavy (non-hydrogen) atoms. The van der Waals surface area contributed by atoms with Crippen molar-refractivity contribution in [2.75, 3.05) is 23.8 Å². The zero-order valence-corrected chi connectivity index (χ0v) is 19.1. The topological polar surface area (TPSA) is 129 Å². The second-order valence-electron chi connectivity index (χ2n) is 6.87. The van der Waals surface area contributed by atoms with E-state index in [0.29, 0.717) is 11.4 Å². The van der Waals surface area contributed by atoms with Crippen LogP contribution in [-0.2, 0) is 14.3 Å². The molecule has 0 aliphatic rings. The first-order valence-corrected chi connectivity index (χ1v) is 10.5. The van der Waals surface area contributed by atoms with Gasteiger partial charge in [0.1, 0.15) is 0 Å². The molecule has 0 unspecified atom stereocenters. The quantitative estimate of drug-likeness (QED) is 0.470. The van der Waals surface area contributed by atoms with Crippen LogP contribution in [0, 0.1) is 0 Å². The molecule has 0 aliphatic carbocycles. The molecule has 2 N–H and O–H groups in total. The highest BCUT2D eigenvalue weighted by atomic mass is 35.5. The second-order valence-corrected chi connectivity index (χ2v) is 7.28. The number of carbonyl (C=O) groups is 3. The van der Waals surface area contributed by atoms with Gasteiger partial charge in [-0.05, 0) is 43.3 Å². The molecule has 0 radical (unpaired) electrons.